The highest BCUT2D eigenvalue weighted by molar-refractivity contribution is 9.10. The van der Waals surface area contributed by atoms with Crippen molar-refractivity contribution in [2.75, 3.05) is 0 Å². The van der Waals surface area contributed by atoms with Crippen molar-refractivity contribution in [1.82, 2.24) is 0 Å². The van der Waals surface area contributed by atoms with E-state index >= 15 is 0 Å². The average Bonchev–Trinajstić information content (AvgIpc) is 2.97. The molecule has 1 spiro atoms. The SMILES string of the molecule is O=C1C2=C(OC(=O)C3(CCCCC3)C2c2ccc(Br)cc2)c2ccccc21. The van der Waals surface area contributed by atoms with Crippen LogP contribution in [-0.4, -0.2) is 11.8 Å². The minimum absolute atomic E-state index is 0.00553. The Morgan fingerprint density at radius 3 is 2.26 bits per heavy atom. The van der Waals surface area contributed by atoms with Crippen LogP contribution in [0.2, 0.25) is 0 Å². The topological polar surface area (TPSA) is 43.4 Å². The third-order valence-electron chi connectivity index (χ3n) is 6.30. The Morgan fingerprint density at radius 1 is 0.889 bits per heavy atom. The van der Waals surface area contributed by atoms with Gasteiger partial charge in [-0.1, -0.05) is 71.6 Å². The molecular weight excluding hydrogens is 404 g/mol. The lowest BCUT2D eigenvalue weighted by Gasteiger charge is -2.44. The number of halogens is 1. The first-order valence-electron chi connectivity index (χ1n) is 9.48. The molecule has 2 aromatic rings. The maximum Gasteiger partial charge on any atom is 0.318 e. The van der Waals surface area contributed by atoms with Gasteiger partial charge in [0.05, 0.1) is 11.0 Å². The number of ketones is 1. The molecule has 1 aliphatic heterocycles. The number of hydrogen-bond acceptors (Lipinski definition) is 3. The summed E-state index contributed by atoms with van der Waals surface area (Å²) in [7, 11) is 0. The van der Waals surface area contributed by atoms with E-state index in [2.05, 4.69) is 15.9 Å². The van der Waals surface area contributed by atoms with Crippen LogP contribution in [0.4, 0.5) is 0 Å². The number of carbonyl (C=O) groups excluding carboxylic acids is 2. The van der Waals surface area contributed by atoms with Crippen LogP contribution in [0, 0.1) is 5.41 Å². The van der Waals surface area contributed by atoms with Gasteiger partial charge in [-0.05, 0) is 30.5 Å². The highest BCUT2D eigenvalue weighted by Gasteiger charge is 2.56. The second-order valence-electron chi connectivity index (χ2n) is 7.71. The third-order valence-corrected chi connectivity index (χ3v) is 6.83. The summed E-state index contributed by atoms with van der Waals surface area (Å²) in [4.78, 5) is 26.7. The minimum atomic E-state index is -0.636. The van der Waals surface area contributed by atoms with Gasteiger partial charge in [-0.3, -0.25) is 9.59 Å². The molecule has 1 fully saturated rings. The Hall–Kier alpha value is -2.20. The van der Waals surface area contributed by atoms with Crippen LogP contribution < -0.4 is 0 Å². The smallest absolute Gasteiger partial charge is 0.318 e. The number of benzene rings is 2. The fourth-order valence-corrected chi connectivity index (χ4v) is 5.31. The molecule has 1 heterocycles. The van der Waals surface area contributed by atoms with E-state index in [4.69, 9.17) is 4.74 Å². The van der Waals surface area contributed by atoms with E-state index in [-0.39, 0.29) is 17.7 Å². The van der Waals surface area contributed by atoms with E-state index in [1.807, 2.05) is 48.5 Å². The third kappa shape index (κ3) is 2.39. The number of fused-ring (bicyclic) bond motifs is 2. The van der Waals surface area contributed by atoms with Crippen LogP contribution in [0.25, 0.3) is 5.76 Å². The van der Waals surface area contributed by atoms with Crippen molar-refractivity contribution in [2.45, 2.75) is 38.0 Å². The lowest BCUT2D eigenvalue weighted by atomic mass is 9.60. The number of esters is 1. The molecule has 0 aromatic heterocycles. The van der Waals surface area contributed by atoms with Crippen LogP contribution in [0.15, 0.2) is 58.6 Å². The predicted molar refractivity (Wildman–Crippen MR) is 106 cm³/mol. The van der Waals surface area contributed by atoms with E-state index in [0.717, 1.165) is 47.7 Å². The fraction of sp³-hybridized carbons (Fsp3) is 0.304. The molecule has 2 aliphatic carbocycles. The zero-order valence-corrected chi connectivity index (χ0v) is 16.4. The van der Waals surface area contributed by atoms with Gasteiger partial charge in [-0.25, -0.2) is 0 Å². The first-order chi connectivity index (χ1) is 13.1. The summed E-state index contributed by atoms with van der Waals surface area (Å²) in [5.74, 6) is 0.0658. The number of ether oxygens (including phenoxy) is 1. The molecule has 1 unspecified atom stereocenters. The van der Waals surface area contributed by atoms with E-state index in [9.17, 15) is 9.59 Å². The van der Waals surface area contributed by atoms with Crippen LogP contribution in [0.3, 0.4) is 0 Å². The molecule has 0 bridgehead atoms. The van der Waals surface area contributed by atoms with Crippen LogP contribution in [0.1, 0.15) is 59.5 Å². The molecular formula is C23H19BrO3. The molecule has 3 nitrogen and oxygen atoms in total. The Balaban J connectivity index is 1.75. The van der Waals surface area contributed by atoms with Gasteiger partial charge in [-0.15, -0.1) is 0 Å². The van der Waals surface area contributed by atoms with E-state index in [1.165, 1.54) is 0 Å². The van der Waals surface area contributed by atoms with Crippen molar-refractivity contribution in [1.29, 1.82) is 0 Å². The molecule has 2 aromatic carbocycles. The summed E-state index contributed by atoms with van der Waals surface area (Å²) < 4.78 is 6.87. The number of carbonyl (C=O) groups is 2. The van der Waals surface area contributed by atoms with E-state index in [1.54, 1.807) is 0 Å². The molecule has 1 atom stereocenters. The lowest BCUT2D eigenvalue weighted by Crippen LogP contribution is -2.44. The van der Waals surface area contributed by atoms with Crippen molar-refractivity contribution in [3.63, 3.8) is 0 Å². The zero-order chi connectivity index (χ0) is 18.6. The maximum atomic E-state index is 13.4. The van der Waals surface area contributed by atoms with Crippen LogP contribution in [-0.2, 0) is 9.53 Å². The number of rotatable bonds is 1. The van der Waals surface area contributed by atoms with Crippen molar-refractivity contribution in [3.8, 4) is 0 Å². The lowest BCUT2D eigenvalue weighted by molar-refractivity contribution is -0.153. The second-order valence-corrected chi connectivity index (χ2v) is 8.62. The maximum absolute atomic E-state index is 13.4. The standard InChI is InChI=1S/C23H19BrO3/c24-15-10-8-14(9-11-15)19-18-20(25)16-6-2-3-7-17(16)21(18)27-22(26)23(19)12-4-1-5-13-23/h2-3,6-11,19H,1,4-5,12-13H2. The molecule has 4 heteroatoms. The molecule has 5 rings (SSSR count). The van der Waals surface area contributed by atoms with Crippen molar-refractivity contribution in [2.24, 2.45) is 5.41 Å². The monoisotopic (exact) mass is 422 g/mol. The largest absolute Gasteiger partial charge is 0.425 e. The van der Waals surface area contributed by atoms with Gasteiger partial charge in [0.1, 0.15) is 5.76 Å². The first kappa shape index (κ1) is 16.9. The summed E-state index contributed by atoms with van der Waals surface area (Å²) in [6.07, 6.45) is 4.65. The van der Waals surface area contributed by atoms with Crippen LogP contribution in [0.5, 0.6) is 0 Å². The molecule has 0 saturated heterocycles. The Morgan fingerprint density at radius 2 is 1.56 bits per heavy atom. The Labute approximate surface area is 166 Å². The fourth-order valence-electron chi connectivity index (χ4n) is 5.05. The molecule has 3 aliphatic rings. The van der Waals surface area contributed by atoms with Gasteiger partial charge in [0.2, 0.25) is 0 Å². The summed E-state index contributed by atoms with van der Waals surface area (Å²) in [6, 6.07) is 15.5. The Bertz CT molecular complexity index is 981. The van der Waals surface area contributed by atoms with Gasteiger partial charge in [-0.2, -0.15) is 0 Å². The highest BCUT2D eigenvalue weighted by atomic mass is 79.9. The van der Waals surface area contributed by atoms with Crippen molar-refractivity contribution >= 4 is 33.4 Å². The normalized spacial score (nSPS) is 23.2. The molecule has 0 N–H and O–H groups in total. The predicted octanol–water partition coefficient (Wildman–Crippen LogP) is 5.65. The first-order valence-corrected chi connectivity index (χ1v) is 10.3. The van der Waals surface area contributed by atoms with E-state index < -0.39 is 5.41 Å². The van der Waals surface area contributed by atoms with Crippen molar-refractivity contribution in [3.05, 3.63) is 75.3 Å². The Kier molecular flexibility index (Phi) is 3.87. The summed E-state index contributed by atoms with van der Waals surface area (Å²) >= 11 is 3.49. The van der Waals surface area contributed by atoms with Crippen LogP contribution >= 0.6 is 15.9 Å². The van der Waals surface area contributed by atoms with Gasteiger partial charge in [0.15, 0.2) is 5.78 Å². The second kappa shape index (κ2) is 6.16. The molecule has 136 valence electrons. The summed E-state index contributed by atoms with van der Waals surface area (Å²) in [5, 5.41) is 0. The quantitative estimate of drug-likeness (QED) is 0.557. The zero-order valence-electron chi connectivity index (χ0n) is 14.8. The summed E-state index contributed by atoms with van der Waals surface area (Å²) in [6.45, 7) is 0. The van der Waals surface area contributed by atoms with Crippen molar-refractivity contribution < 1.29 is 14.3 Å². The van der Waals surface area contributed by atoms with Gasteiger partial charge >= 0.3 is 5.97 Å². The molecule has 0 radical (unpaired) electrons. The van der Waals surface area contributed by atoms with Gasteiger partial charge in [0, 0.05) is 21.5 Å². The molecule has 27 heavy (non-hydrogen) atoms. The number of hydrogen-bond donors (Lipinski definition) is 0. The van der Waals surface area contributed by atoms with Gasteiger partial charge in [0.25, 0.3) is 0 Å². The number of Topliss-reactive ketones (excluding diaryl/α,β-unsaturated/α-hetero) is 1. The molecule has 1 saturated carbocycles. The average molecular weight is 423 g/mol. The van der Waals surface area contributed by atoms with E-state index in [0.29, 0.717) is 16.9 Å². The minimum Gasteiger partial charge on any atom is -0.425 e. The highest BCUT2D eigenvalue weighted by Crippen LogP contribution is 2.58. The van der Waals surface area contributed by atoms with Gasteiger partial charge < -0.3 is 4.74 Å². The number of allylic oxidation sites excluding steroid dienone is 1. The molecule has 0 amide bonds. The summed E-state index contributed by atoms with van der Waals surface area (Å²) in [5.41, 5.74) is 2.44.